The van der Waals surface area contributed by atoms with E-state index < -0.39 is 0 Å². The Bertz CT molecular complexity index is 2120. The Morgan fingerprint density at radius 1 is 0.500 bits per heavy atom. The zero-order chi connectivity index (χ0) is 37.9. The SMILES string of the molecule is C[Si](C)=CC1=CC2=CCSC2=C1.C[Si](C)=CC1=CC2=CCSC2=C1.C[Si](C)=CC1=CC2=CSCC2=C1.[Cl-].[Cl-].[Cl-].[Cl-].[Zr+4].[Zr+4].c1ccc2[cH-]ccc2c1.c1ccc2[cH-]ccc2c1. The molecular weight excluding hydrogens is 1080 g/mol. The molecule has 0 bridgehead atoms. The molecule has 0 aromatic heterocycles. The van der Waals surface area contributed by atoms with E-state index in [0.717, 1.165) is 0 Å². The molecule has 0 unspecified atom stereocenters. The van der Waals surface area contributed by atoms with Gasteiger partial charge >= 0.3 is 52.4 Å². The molecule has 4 aromatic carbocycles. The number of fused-ring (bicyclic) bond motifs is 5. The molecule has 12 heteroatoms. The van der Waals surface area contributed by atoms with Crippen LogP contribution in [0.5, 0.6) is 0 Å². The van der Waals surface area contributed by atoms with E-state index in [4.69, 9.17) is 0 Å². The smallest absolute Gasteiger partial charge is 1.00 e. The van der Waals surface area contributed by atoms with Gasteiger partial charge in [-0.15, -0.1) is 94.6 Å². The topological polar surface area (TPSA) is 0 Å². The van der Waals surface area contributed by atoms with Gasteiger partial charge in [0.05, 0.1) is 0 Å². The van der Waals surface area contributed by atoms with Crippen LogP contribution in [0.1, 0.15) is 0 Å². The summed E-state index contributed by atoms with van der Waals surface area (Å²) in [6.45, 7) is 13.9. The molecule has 0 amide bonds. The van der Waals surface area contributed by atoms with Crippen LogP contribution in [0.2, 0.25) is 39.3 Å². The van der Waals surface area contributed by atoms with Crippen LogP contribution in [0, 0.1) is 0 Å². The zero-order valence-electron chi connectivity index (χ0n) is 34.9. The first kappa shape index (κ1) is 59.6. The molecule has 10 rings (SSSR count). The van der Waals surface area contributed by atoms with Crippen molar-refractivity contribution >= 4 is 99.1 Å². The fraction of sp³-hybridized carbons (Fsp3) is 0.188. The van der Waals surface area contributed by atoms with Crippen LogP contribution in [0.15, 0.2) is 188 Å². The minimum atomic E-state index is -0.222. The number of thioether (sulfide) groups is 3. The molecule has 0 N–H and O–H groups in total. The van der Waals surface area contributed by atoms with Gasteiger partial charge in [-0.05, 0) is 74.8 Å². The fourth-order valence-electron chi connectivity index (χ4n) is 6.51. The van der Waals surface area contributed by atoms with Gasteiger partial charge in [0.2, 0.25) is 0 Å². The van der Waals surface area contributed by atoms with E-state index in [2.05, 4.69) is 195 Å². The standard InChI is InChI=1S/3C10H12SSi.2C9H7.4ClH.2Zr/c1-12(2)7-8-3-9-5-11-6-10(9)4-8;2*1-12(2)7-8-5-9-3-4-11-10(9)6-8;2*1-2-5-9-7-3-6-8(9)4-1;;;;;;/h3-5,7H,6H2,1-2H3;2*3,5-7H,4H2,1-2H3;2*1-7H;4*1H;;/q;;;2*-1;;;;;2*+4/p-4. The maximum atomic E-state index is 2.42. The number of hydrogen-bond acceptors (Lipinski definition) is 3. The van der Waals surface area contributed by atoms with Crippen molar-refractivity contribution in [2.45, 2.75) is 39.3 Å². The molecular formula is C48H50Cl4S3Si3Zr2+2. The Morgan fingerprint density at radius 2 is 0.900 bits per heavy atom. The Kier molecular flexibility index (Phi) is 30.4. The van der Waals surface area contributed by atoms with E-state index in [1.807, 2.05) is 35.3 Å². The summed E-state index contributed by atoms with van der Waals surface area (Å²) in [5, 5.41) is 7.59. The van der Waals surface area contributed by atoms with Gasteiger partial charge < -0.3 is 49.6 Å². The summed E-state index contributed by atoms with van der Waals surface area (Å²) >= 11 is 5.81. The van der Waals surface area contributed by atoms with Crippen LogP contribution in [0.25, 0.3) is 21.5 Å². The zero-order valence-corrected chi connectivity index (χ0v) is 48.3. The molecule has 0 fully saturated rings. The third-order valence-corrected chi connectivity index (χ3v) is 14.5. The molecule has 0 saturated carbocycles. The first-order chi connectivity index (χ1) is 26.2. The number of rotatable bonds is 3. The average molecular weight is 1130 g/mol. The molecule has 306 valence electrons. The van der Waals surface area contributed by atoms with Crippen molar-refractivity contribution in [2.75, 3.05) is 17.3 Å². The third-order valence-electron chi connectivity index (χ3n) is 8.84. The van der Waals surface area contributed by atoms with E-state index in [1.54, 1.807) is 0 Å². The first-order valence-electron chi connectivity index (χ1n) is 18.6. The fourth-order valence-corrected chi connectivity index (χ4v) is 11.9. The Morgan fingerprint density at radius 3 is 1.28 bits per heavy atom. The van der Waals surface area contributed by atoms with Gasteiger partial charge in [-0.25, -0.2) is 0 Å². The second kappa shape index (κ2) is 30.6. The summed E-state index contributed by atoms with van der Waals surface area (Å²) in [6.07, 6.45) is 18.5. The van der Waals surface area contributed by atoms with Crippen molar-refractivity contribution in [3.05, 3.63) is 188 Å². The Labute approximate surface area is 440 Å². The van der Waals surface area contributed by atoms with Crippen molar-refractivity contribution in [2.24, 2.45) is 0 Å². The first-order valence-corrected chi connectivity index (χ1v) is 29.4. The number of halogens is 4. The van der Waals surface area contributed by atoms with E-state index in [9.17, 15) is 0 Å². The normalized spacial score (nSPS) is 14.9. The number of benzene rings is 2. The van der Waals surface area contributed by atoms with Crippen LogP contribution in [0.4, 0.5) is 0 Å². The van der Waals surface area contributed by atoms with Crippen molar-refractivity contribution < 1.29 is 102 Å². The average Bonchev–Trinajstić information content (AvgIpc) is 3.95. The predicted molar refractivity (Wildman–Crippen MR) is 260 cm³/mol. The maximum Gasteiger partial charge on any atom is 4.00 e. The van der Waals surface area contributed by atoms with E-state index >= 15 is 0 Å². The summed E-state index contributed by atoms with van der Waals surface area (Å²) in [5.41, 5.74) is 17.4. The minimum Gasteiger partial charge on any atom is -1.00 e. The van der Waals surface area contributed by atoms with E-state index in [1.165, 1.54) is 87.6 Å². The summed E-state index contributed by atoms with van der Waals surface area (Å²) in [7, 11) is -0.664. The predicted octanol–water partition coefficient (Wildman–Crippen LogP) is 0.994. The van der Waals surface area contributed by atoms with Gasteiger partial charge in [-0.3, -0.25) is 0 Å². The molecule has 0 saturated heterocycles. The minimum absolute atomic E-state index is 0. The second-order valence-electron chi connectivity index (χ2n) is 14.4. The third kappa shape index (κ3) is 18.6. The summed E-state index contributed by atoms with van der Waals surface area (Å²) < 4.78 is 0. The van der Waals surface area contributed by atoms with Gasteiger partial charge in [0.15, 0.2) is 0 Å². The van der Waals surface area contributed by atoms with Crippen LogP contribution in [0.3, 0.4) is 0 Å². The molecule has 0 radical (unpaired) electrons. The van der Waals surface area contributed by atoms with Gasteiger partial charge in [0.25, 0.3) is 0 Å². The van der Waals surface area contributed by atoms with Crippen LogP contribution < -0.4 is 49.6 Å². The van der Waals surface area contributed by atoms with Crippen molar-refractivity contribution in [1.29, 1.82) is 0 Å². The van der Waals surface area contributed by atoms with Gasteiger partial charge in [-0.1, -0.05) is 86.7 Å². The molecule has 3 aliphatic carbocycles. The van der Waals surface area contributed by atoms with Crippen molar-refractivity contribution in [3.8, 4) is 0 Å². The summed E-state index contributed by atoms with van der Waals surface area (Å²) in [6, 6.07) is 29.3. The summed E-state index contributed by atoms with van der Waals surface area (Å²) in [5.74, 6) is 3.51. The van der Waals surface area contributed by atoms with E-state index in [0.29, 0.717) is 0 Å². The monoisotopic (exact) mass is 1130 g/mol. The summed E-state index contributed by atoms with van der Waals surface area (Å²) in [4.78, 5) is 2.95. The molecule has 3 heterocycles. The van der Waals surface area contributed by atoms with Crippen LogP contribution in [-0.4, -0.2) is 59.5 Å². The van der Waals surface area contributed by atoms with Crippen LogP contribution >= 0.6 is 35.3 Å². The van der Waals surface area contributed by atoms with Gasteiger partial charge in [0.1, 0.15) is 0 Å². The Balaban J connectivity index is 0.000000711. The van der Waals surface area contributed by atoms with Gasteiger partial charge in [0, 0.05) is 52.3 Å². The second-order valence-corrected chi connectivity index (χ2v) is 24.7. The largest absolute Gasteiger partial charge is 4.00 e. The van der Waals surface area contributed by atoms with Gasteiger partial charge in [-0.2, -0.15) is 35.0 Å². The molecule has 0 nitrogen and oxygen atoms in total. The molecule has 0 atom stereocenters. The molecule has 4 aromatic rings. The molecule has 3 aliphatic heterocycles. The molecule has 0 spiro atoms. The van der Waals surface area contributed by atoms with Crippen molar-refractivity contribution in [3.63, 3.8) is 0 Å². The van der Waals surface area contributed by atoms with E-state index in [-0.39, 0.29) is 127 Å². The molecule has 60 heavy (non-hydrogen) atoms. The number of allylic oxidation sites excluding steroid dienone is 12. The number of hydrogen-bond donors (Lipinski definition) is 0. The Hall–Kier alpha value is -0.443. The molecule has 6 aliphatic rings. The quantitative estimate of drug-likeness (QED) is 0.223. The van der Waals surface area contributed by atoms with Crippen molar-refractivity contribution in [1.82, 2.24) is 0 Å². The maximum absolute atomic E-state index is 2.42. The van der Waals surface area contributed by atoms with Crippen LogP contribution in [-0.2, 0) is 52.4 Å².